The Hall–Kier alpha value is -2.46. The number of rotatable bonds is 7. The van der Waals surface area contributed by atoms with Gasteiger partial charge in [0.25, 0.3) is 0 Å². The van der Waals surface area contributed by atoms with Gasteiger partial charge in [0, 0.05) is 38.3 Å². The SMILES string of the molecule is CCCS(=O)(=O)N1CCN(Cc2c(-c3ccccc3)nc3sc4cc(OC)ccc4n23)CC1. The molecule has 0 spiro atoms. The van der Waals surface area contributed by atoms with Gasteiger partial charge in [-0.05, 0) is 24.6 Å². The molecular formula is C24H28N4O3S2. The molecule has 0 radical (unpaired) electrons. The molecule has 1 saturated heterocycles. The molecule has 9 heteroatoms. The third-order valence-electron chi connectivity index (χ3n) is 6.16. The van der Waals surface area contributed by atoms with Crippen LogP contribution >= 0.6 is 11.3 Å². The maximum atomic E-state index is 12.5. The Bertz CT molecular complexity index is 1370. The van der Waals surface area contributed by atoms with Crippen LogP contribution in [0.1, 0.15) is 19.0 Å². The van der Waals surface area contributed by atoms with E-state index in [9.17, 15) is 8.42 Å². The van der Waals surface area contributed by atoms with E-state index in [2.05, 4.69) is 33.6 Å². The molecule has 0 bridgehead atoms. The molecule has 0 atom stereocenters. The highest BCUT2D eigenvalue weighted by Gasteiger charge is 2.28. The van der Waals surface area contributed by atoms with Crippen LogP contribution in [0, 0.1) is 0 Å². The zero-order valence-electron chi connectivity index (χ0n) is 18.9. The van der Waals surface area contributed by atoms with Crippen molar-refractivity contribution in [2.24, 2.45) is 0 Å². The minimum atomic E-state index is -3.15. The van der Waals surface area contributed by atoms with Crippen molar-refractivity contribution in [3.8, 4) is 17.0 Å². The van der Waals surface area contributed by atoms with Crippen LogP contribution in [0.3, 0.4) is 0 Å². The lowest BCUT2D eigenvalue weighted by Crippen LogP contribution is -2.48. The number of methoxy groups -OCH3 is 1. The predicted octanol–water partition coefficient (Wildman–Crippen LogP) is 4.08. The number of ether oxygens (including phenoxy) is 1. The average Bonchev–Trinajstić information content (AvgIpc) is 3.36. The van der Waals surface area contributed by atoms with Gasteiger partial charge in [0.05, 0.1) is 34.5 Å². The lowest BCUT2D eigenvalue weighted by atomic mass is 10.1. The van der Waals surface area contributed by atoms with E-state index in [0.717, 1.165) is 37.9 Å². The lowest BCUT2D eigenvalue weighted by molar-refractivity contribution is 0.180. The zero-order valence-corrected chi connectivity index (χ0v) is 20.5. The van der Waals surface area contributed by atoms with Gasteiger partial charge in [-0.1, -0.05) is 48.6 Å². The number of fused-ring (bicyclic) bond motifs is 3. The number of sulfonamides is 1. The molecule has 7 nitrogen and oxygen atoms in total. The first-order valence-corrected chi connectivity index (χ1v) is 13.7. The van der Waals surface area contributed by atoms with Crippen LogP contribution < -0.4 is 4.74 Å². The van der Waals surface area contributed by atoms with Gasteiger partial charge in [-0.2, -0.15) is 4.31 Å². The van der Waals surface area contributed by atoms with Gasteiger partial charge in [-0.3, -0.25) is 9.30 Å². The number of thiazole rings is 1. The van der Waals surface area contributed by atoms with E-state index in [1.165, 1.54) is 0 Å². The van der Waals surface area contributed by atoms with E-state index in [4.69, 9.17) is 9.72 Å². The van der Waals surface area contributed by atoms with Crippen molar-refractivity contribution < 1.29 is 13.2 Å². The average molecular weight is 485 g/mol. The fourth-order valence-corrected chi connectivity index (χ4v) is 7.04. The number of imidazole rings is 1. The predicted molar refractivity (Wildman–Crippen MR) is 133 cm³/mol. The fourth-order valence-electron chi connectivity index (χ4n) is 4.47. The minimum Gasteiger partial charge on any atom is -0.497 e. The fraction of sp³-hybridized carbons (Fsp3) is 0.375. The Morgan fingerprint density at radius 1 is 1.06 bits per heavy atom. The van der Waals surface area contributed by atoms with E-state index < -0.39 is 10.0 Å². The normalized spacial score (nSPS) is 16.1. The number of benzene rings is 2. The Kier molecular flexibility index (Phi) is 6.13. The van der Waals surface area contributed by atoms with Crippen LogP contribution in [-0.2, 0) is 16.6 Å². The van der Waals surface area contributed by atoms with Crippen molar-refractivity contribution >= 4 is 36.5 Å². The first-order valence-electron chi connectivity index (χ1n) is 11.2. The largest absolute Gasteiger partial charge is 0.497 e. The highest BCUT2D eigenvalue weighted by atomic mass is 32.2. The van der Waals surface area contributed by atoms with Crippen LogP contribution in [0.5, 0.6) is 5.75 Å². The third kappa shape index (κ3) is 4.26. The number of hydrogen-bond acceptors (Lipinski definition) is 6. The van der Waals surface area contributed by atoms with Crippen molar-refractivity contribution in [2.75, 3.05) is 39.0 Å². The second-order valence-electron chi connectivity index (χ2n) is 8.32. The second-order valence-corrected chi connectivity index (χ2v) is 11.4. The van der Waals surface area contributed by atoms with E-state index in [0.29, 0.717) is 39.1 Å². The van der Waals surface area contributed by atoms with Crippen LogP contribution in [0.25, 0.3) is 26.4 Å². The van der Waals surface area contributed by atoms with Gasteiger partial charge < -0.3 is 4.74 Å². The summed E-state index contributed by atoms with van der Waals surface area (Å²) >= 11 is 1.66. The summed E-state index contributed by atoms with van der Waals surface area (Å²) in [4.78, 5) is 8.32. The summed E-state index contributed by atoms with van der Waals surface area (Å²) < 4.78 is 35.4. The van der Waals surface area contributed by atoms with Crippen molar-refractivity contribution in [3.63, 3.8) is 0 Å². The zero-order chi connectivity index (χ0) is 23.0. The topological polar surface area (TPSA) is 67.2 Å². The summed E-state index contributed by atoms with van der Waals surface area (Å²) in [7, 11) is -1.47. The number of hydrogen-bond donors (Lipinski definition) is 0. The summed E-state index contributed by atoms with van der Waals surface area (Å²) in [5, 5.41) is 0. The molecule has 174 valence electrons. The van der Waals surface area contributed by atoms with Gasteiger partial charge in [-0.25, -0.2) is 13.4 Å². The minimum absolute atomic E-state index is 0.221. The molecule has 5 rings (SSSR count). The number of piperazine rings is 1. The van der Waals surface area contributed by atoms with Crippen molar-refractivity contribution in [3.05, 3.63) is 54.2 Å². The molecule has 0 amide bonds. The van der Waals surface area contributed by atoms with Gasteiger partial charge in [-0.15, -0.1) is 0 Å². The molecule has 0 unspecified atom stereocenters. The quantitative estimate of drug-likeness (QED) is 0.395. The number of nitrogens with zero attached hydrogens (tertiary/aromatic N) is 4. The molecule has 3 heterocycles. The summed E-state index contributed by atoms with van der Waals surface area (Å²) in [5.74, 6) is 1.06. The molecule has 4 aromatic rings. The lowest BCUT2D eigenvalue weighted by Gasteiger charge is -2.34. The van der Waals surface area contributed by atoms with Gasteiger partial charge in [0.1, 0.15) is 5.75 Å². The summed E-state index contributed by atoms with van der Waals surface area (Å²) in [6, 6.07) is 16.4. The molecule has 0 saturated carbocycles. The first-order chi connectivity index (χ1) is 16.0. The second kappa shape index (κ2) is 9.06. The van der Waals surface area contributed by atoms with Gasteiger partial charge in [0.2, 0.25) is 10.0 Å². The molecule has 2 aromatic heterocycles. The highest BCUT2D eigenvalue weighted by molar-refractivity contribution is 7.89. The molecule has 1 aliphatic heterocycles. The molecule has 2 aromatic carbocycles. The van der Waals surface area contributed by atoms with Crippen LogP contribution in [-0.4, -0.2) is 66.0 Å². The molecule has 0 aliphatic carbocycles. The molecule has 1 fully saturated rings. The van der Waals surface area contributed by atoms with E-state index in [1.807, 2.05) is 31.2 Å². The van der Waals surface area contributed by atoms with Crippen LogP contribution in [0.2, 0.25) is 0 Å². The molecule has 1 aliphatic rings. The summed E-state index contributed by atoms with van der Waals surface area (Å²) in [6.07, 6.45) is 0.646. The summed E-state index contributed by atoms with van der Waals surface area (Å²) in [5.41, 5.74) is 4.33. The monoisotopic (exact) mass is 484 g/mol. The highest BCUT2D eigenvalue weighted by Crippen LogP contribution is 2.35. The van der Waals surface area contributed by atoms with E-state index in [-0.39, 0.29) is 5.75 Å². The van der Waals surface area contributed by atoms with Gasteiger partial charge in [0.15, 0.2) is 4.96 Å². The van der Waals surface area contributed by atoms with Crippen LogP contribution in [0.4, 0.5) is 0 Å². The van der Waals surface area contributed by atoms with Gasteiger partial charge >= 0.3 is 0 Å². The molecule has 0 N–H and O–H groups in total. The Morgan fingerprint density at radius 2 is 1.82 bits per heavy atom. The third-order valence-corrected chi connectivity index (χ3v) is 9.24. The van der Waals surface area contributed by atoms with E-state index in [1.54, 1.807) is 22.8 Å². The first kappa shape index (κ1) is 22.3. The van der Waals surface area contributed by atoms with Crippen molar-refractivity contribution in [1.82, 2.24) is 18.6 Å². The maximum absolute atomic E-state index is 12.5. The Morgan fingerprint density at radius 3 is 2.52 bits per heavy atom. The van der Waals surface area contributed by atoms with Crippen molar-refractivity contribution in [1.29, 1.82) is 0 Å². The van der Waals surface area contributed by atoms with Crippen molar-refractivity contribution in [2.45, 2.75) is 19.9 Å². The molecular weight excluding hydrogens is 456 g/mol. The maximum Gasteiger partial charge on any atom is 0.214 e. The standard InChI is InChI=1S/C24H28N4O3S2/c1-3-15-33(29,30)27-13-11-26(12-14-27)17-21-23(18-7-5-4-6-8-18)25-24-28(21)20-10-9-19(31-2)16-22(20)32-24/h4-10,16H,3,11-15,17H2,1-2H3. The summed E-state index contributed by atoms with van der Waals surface area (Å²) in [6.45, 7) is 5.11. The number of aromatic nitrogens is 2. The Labute approximate surface area is 198 Å². The molecule has 33 heavy (non-hydrogen) atoms. The smallest absolute Gasteiger partial charge is 0.214 e. The van der Waals surface area contributed by atoms with E-state index >= 15 is 0 Å². The Balaban J connectivity index is 1.51. The van der Waals surface area contributed by atoms with Crippen LogP contribution in [0.15, 0.2) is 48.5 Å².